The van der Waals surface area contributed by atoms with E-state index in [1.165, 1.54) is 4.31 Å². The van der Waals surface area contributed by atoms with Gasteiger partial charge in [0.25, 0.3) is 0 Å². The summed E-state index contributed by atoms with van der Waals surface area (Å²) in [6.45, 7) is 7.13. The van der Waals surface area contributed by atoms with Crippen LogP contribution in [-0.2, 0) is 14.8 Å². The summed E-state index contributed by atoms with van der Waals surface area (Å²) < 4.78 is 32.7. The smallest absolute Gasteiger partial charge is 0.407 e. The number of alkyl carbamates (subject to hydrolysis) is 1. The number of amides is 1. The minimum atomic E-state index is -3.60. The highest BCUT2D eigenvalue weighted by molar-refractivity contribution is 7.89. The van der Waals surface area contributed by atoms with Crippen LogP contribution in [0, 0.1) is 0 Å². The number of rotatable bonds is 4. The van der Waals surface area contributed by atoms with E-state index in [1.54, 1.807) is 39.0 Å². The molecule has 2 heterocycles. The second kappa shape index (κ2) is 7.88. The quantitative estimate of drug-likeness (QED) is 0.780. The number of benzene rings is 1. The Kier molecular flexibility index (Phi) is 5.88. The average molecular weight is 412 g/mol. The molecule has 28 heavy (non-hydrogen) atoms. The monoisotopic (exact) mass is 411 g/mol. The number of aliphatic hydroxyl groups is 1. The van der Waals surface area contributed by atoms with Crippen LogP contribution in [0.1, 0.15) is 33.6 Å². The van der Waals surface area contributed by atoms with E-state index in [2.05, 4.69) is 5.32 Å². The van der Waals surface area contributed by atoms with E-state index in [9.17, 15) is 18.3 Å². The van der Waals surface area contributed by atoms with Crippen molar-refractivity contribution in [1.82, 2.24) is 9.62 Å². The Bertz CT molecular complexity index is 807. The summed E-state index contributed by atoms with van der Waals surface area (Å²) in [6, 6.07) is 6.73. The minimum Gasteiger partial charge on any atom is -0.444 e. The lowest BCUT2D eigenvalue weighted by Gasteiger charge is -2.38. The zero-order chi connectivity index (χ0) is 20.5. The lowest BCUT2D eigenvalue weighted by atomic mass is 10.1. The van der Waals surface area contributed by atoms with Crippen molar-refractivity contribution in [3.63, 3.8) is 0 Å². The Morgan fingerprint density at radius 2 is 1.86 bits per heavy atom. The first-order valence-electron chi connectivity index (χ1n) is 9.57. The first kappa shape index (κ1) is 20.9. The van der Waals surface area contributed by atoms with Crippen LogP contribution in [0.2, 0.25) is 0 Å². The maximum absolute atomic E-state index is 13.0. The van der Waals surface area contributed by atoms with Gasteiger partial charge in [-0.05, 0) is 51.8 Å². The number of hydrogen-bond acceptors (Lipinski definition) is 6. The van der Waals surface area contributed by atoms with E-state index in [1.807, 2.05) is 11.0 Å². The molecule has 0 atom stereocenters. The number of nitrogens with one attached hydrogen (secondary N) is 1. The van der Waals surface area contributed by atoms with Crippen molar-refractivity contribution in [2.24, 2.45) is 0 Å². The summed E-state index contributed by atoms with van der Waals surface area (Å²) >= 11 is 0. The van der Waals surface area contributed by atoms with Gasteiger partial charge in [0.1, 0.15) is 5.60 Å². The van der Waals surface area contributed by atoms with Crippen molar-refractivity contribution in [2.45, 2.75) is 56.3 Å². The number of carbonyl (C=O) groups excluding carboxylic acids is 1. The molecule has 1 amide bonds. The zero-order valence-corrected chi connectivity index (χ0v) is 17.4. The van der Waals surface area contributed by atoms with Gasteiger partial charge in [-0.3, -0.25) is 0 Å². The molecule has 1 aromatic rings. The molecule has 2 aliphatic heterocycles. The molecule has 0 spiro atoms. The number of hydrogen-bond donors (Lipinski definition) is 2. The van der Waals surface area contributed by atoms with Gasteiger partial charge in [0.2, 0.25) is 10.0 Å². The van der Waals surface area contributed by atoms with Crippen LogP contribution in [0.15, 0.2) is 29.2 Å². The van der Waals surface area contributed by atoms with Crippen molar-refractivity contribution >= 4 is 21.8 Å². The van der Waals surface area contributed by atoms with Crippen molar-refractivity contribution in [1.29, 1.82) is 0 Å². The molecule has 2 N–H and O–H groups in total. The standard InChI is InChI=1S/C19H29N3O5S/c1-19(2,3)27-18(24)20-14-7-9-22(10-8-14)28(25,26)17-6-4-5-15(11-17)21-12-16(23)13-21/h4-6,11,14,16,23H,7-10,12-13H2,1-3H3,(H,20,24). The van der Waals surface area contributed by atoms with Crippen LogP contribution in [0.5, 0.6) is 0 Å². The van der Waals surface area contributed by atoms with E-state index >= 15 is 0 Å². The highest BCUT2D eigenvalue weighted by atomic mass is 32.2. The largest absolute Gasteiger partial charge is 0.444 e. The van der Waals surface area contributed by atoms with Gasteiger partial charge in [-0.25, -0.2) is 13.2 Å². The summed E-state index contributed by atoms with van der Waals surface area (Å²) in [5.74, 6) is 0. The Balaban J connectivity index is 1.59. The zero-order valence-electron chi connectivity index (χ0n) is 16.6. The van der Waals surface area contributed by atoms with E-state index < -0.39 is 21.7 Å². The van der Waals surface area contributed by atoms with Gasteiger partial charge in [-0.15, -0.1) is 0 Å². The molecule has 156 valence electrons. The molecule has 2 fully saturated rings. The van der Waals surface area contributed by atoms with Crippen LogP contribution >= 0.6 is 0 Å². The minimum absolute atomic E-state index is 0.102. The Hall–Kier alpha value is -1.84. The van der Waals surface area contributed by atoms with Gasteiger partial charge in [0, 0.05) is 37.9 Å². The second-order valence-electron chi connectivity index (χ2n) is 8.38. The van der Waals surface area contributed by atoms with E-state index in [0.717, 1.165) is 5.69 Å². The van der Waals surface area contributed by atoms with Crippen LogP contribution < -0.4 is 10.2 Å². The highest BCUT2D eigenvalue weighted by Crippen LogP contribution is 2.27. The SMILES string of the molecule is CC(C)(C)OC(=O)NC1CCN(S(=O)(=O)c2cccc(N3CC(O)C3)c2)CC1. The molecule has 0 aliphatic carbocycles. The predicted octanol–water partition coefficient (Wildman–Crippen LogP) is 1.55. The number of nitrogens with zero attached hydrogens (tertiary/aromatic N) is 2. The maximum atomic E-state index is 13.0. The van der Waals surface area contributed by atoms with Gasteiger partial charge in [-0.2, -0.15) is 4.31 Å². The number of sulfonamides is 1. The summed E-state index contributed by atoms with van der Waals surface area (Å²) in [5, 5.41) is 12.3. The number of β-amino-alcohol motifs (C(OH)–C–C–N with tert-alkyl or cyclic N) is 1. The third-order valence-corrected chi connectivity index (χ3v) is 6.75. The van der Waals surface area contributed by atoms with Crippen molar-refractivity contribution in [3.05, 3.63) is 24.3 Å². The van der Waals surface area contributed by atoms with Crippen LogP contribution in [0.3, 0.4) is 0 Å². The predicted molar refractivity (Wildman–Crippen MR) is 106 cm³/mol. The first-order chi connectivity index (χ1) is 13.0. The molecular formula is C19H29N3O5S. The molecule has 9 heteroatoms. The molecule has 0 saturated carbocycles. The summed E-state index contributed by atoms with van der Waals surface area (Å²) in [4.78, 5) is 14.1. The summed E-state index contributed by atoms with van der Waals surface area (Å²) in [6.07, 6.45) is 0.252. The molecule has 1 aromatic carbocycles. The lowest BCUT2D eigenvalue weighted by Crippen LogP contribution is -2.51. The van der Waals surface area contributed by atoms with Gasteiger partial charge in [0.15, 0.2) is 0 Å². The molecule has 3 rings (SSSR count). The molecule has 8 nitrogen and oxygen atoms in total. The fourth-order valence-corrected chi connectivity index (χ4v) is 4.88. The molecule has 2 aliphatic rings. The Morgan fingerprint density at radius 1 is 1.21 bits per heavy atom. The lowest BCUT2D eigenvalue weighted by molar-refractivity contribution is 0.0489. The summed E-state index contributed by atoms with van der Waals surface area (Å²) in [5.41, 5.74) is 0.235. The normalized spacial score (nSPS) is 19.9. The molecule has 2 saturated heterocycles. The van der Waals surface area contributed by atoms with Crippen molar-refractivity contribution in [3.8, 4) is 0 Å². The van der Waals surface area contributed by atoms with Crippen LogP contribution in [0.4, 0.5) is 10.5 Å². The number of ether oxygens (including phenoxy) is 1. The Morgan fingerprint density at radius 3 is 2.43 bits per heavy atom. The van der Waals surface area contributed by atoms with E-state index in [-0.39, 0.29) is 17.0 Å². The average Bonchev–Trinajstić information content (AvgIpc) is 2.58. The molecule has 0 unspecified atom stereocenters. The number of piperidine rings is 1. The molecule has 0 bridgehead atoms. The van der Waals surface area contributed by atoms with Gasteiger partial charge in [-0.1, -0.05) is 6.07 Å². The number of anilines is 1. The Labute approximate surface area is 166 Å². The van der Waals surface area contributed by atoms with Gasteiger partial charge < -0.3 is 20.1 Å². The molecular weight excluding hydrogens is 382 g/mol. The van der Waals surface area contributed by atoms with E-state index in [0.29, 0.717) is 39.0 Å². The topological polar surface area (TPSA) is 99.2 Å². The van der Waals surface area contributed by atoms with Crippen LogP contribution in [0.25, 0.3) is 0 Å². The summed E-state index contributed by atoms with van der Waals surface area (Å²) in [7, 11) is -3.60. The van der Waals surface area contributed by atoms with Gasteiger partial charge >= 0.3 is 6.09 Å². The third kappa shape index (κ3) is 4.95. The van der Waals surface area contributed by atoms with Crippen LogP contribution in [-0.4, -0.2) is 67.8 Å². The number of aliphatic hydroxyl groups excluding tert-OH is 1. The fraction of sp³-hybridized carbons (Fsp3) is 0.632. The number of carbonyl (C=O) groups is 1. The highest BCUT2D eigenvalue weighted by Gasteiger charge is 2.32. The maximum Gasteiger partial charge on any atom is 0.407 e. The van der Waals surface area contributed by atoms with Crippen molar-refractivity contribution < 1.29 is 23.1 Å². The molecule has 0 aromatic heterocycles. The van der Waals surface area contributed by atoms with E-state index in [4.69, 9.17) is 4.74 Å². The molecule has 0 radical (unpaired) electrons. The third-order valence-electron chi connectivity index (χ3n) is 4.86. The first-order valence-corrected chi connectivity index (χ1v) is 11.0. The van der Waals surface area contributed by atoms with Crippen molar-refractivity contribution in [2.75, 3.05) is 31.1 Å². The second-order valence-corrected chi connectivity index (χ2v) is 10.3. The fourth-order valence-electron chi connectivity index (χ4n) is 3.37. The van der Waals surface area contributed by atoms with Gasteiger partial charge in [0.05, 0.1) is 11.0 Å².